The topological polar surface area (TPSA) is 58.3 Å². The van der Waals surface area contributed by atoms with Gasteiger partial charge in [0.15, 0.2) is 0 Å². The first kappa shape index (κ1) is 12.8. The van der Waals surface area contributed by atoms with E-state index in [9.17, 15) is 0 Å². The van der Waals surface area contributed by atoms with Crippen molar-refractivity contribution in [2.24, 2.45) is 0 Å². The molecule has 1 aromatic rings. The lowest BCUT2D eigenvalue weighted by atomic mass is 10.2. The molecule has 0 aliphatic carbocycles. The average Bonchev–Trinajstić information content (AvgIpc) is 2.13. The molecule has 0 unspecified atom stereocenters. The van der Waals surface area contributed by atoms with Gasteiger partial charge < -0.3 is 16.2 Å². The number of nitrogens with two attached hydrogens (primary N) is 1. The summed E-state index contributed by atoms with van der Waals surface area (Å²) in [7, 11) is 0. The minimum absolute atomic E-state index is 0.250. The van der Waals surface area contributed by atoms with Gasteiger partial charge in [-0.3, -0.25) is 0 Å². The molecule has 14 heavy (non-hydrogen) atoms. The summed E-state index contributed by atoms with van der Waals surface area (Å²) in [6.07, 6.45) is 0. The molecule has 0 aromatic heterocycles. The third-order valence-electron chi connectivity index (χ3n) is 1.65. The number of benzene rings is 1. The van der Waals surface area contributed by atoms with E-state index in [4.69, 9.17) is 10.8 Å². The van der Waals surface area contributed by atoms with E-state index >= 15 is 0 Å². The molecule has 4 N–H and O–H groups in total. The lowest BCUT2D eigenvalue weighted by Crippen LogP contribution is -1.97. The Morgan fingerprint density at radius 2 is 1.93 bits per heavy atom. The second-order valence-electron chi connectivity index (χ2n) is 2.92. The first-order valence-corrected chi connectivity index (χ1v) is 4.86. The Balaban J connectivity index is 0.000000500. The number of nitrogen functional groups attached to an aromatic ring is 1. The largest absolute Gasteiger partial charge is 0.399 e. The van der Waals surface area contributed by atoms with Crippen LogP contribution in [-0.2, 0) is 0 Å². The van der Waals surface area contributed by atoms with Crippen molar-refractivity contribution < 1.29 is 5.11 Å². The monoisotopic (exact) mass is 196 g/mol. The van der Waals surface area contributed by atoms with Gasteiger partial charge >= 0.3 is 0 Å². The van der Waals surface area contributed by atoms with Gasteiger partial charge in [-0.2, -0.15) is 0 Å². The van der Waals surface area contributed by atoms with Gasteiger partial charge in [-0.1, -0.05) is 0 Å². The van der Waals surface area contributed by atoms with E-state index in [2.05, 4.69) is 18.3 Å². The van der Waals surface area contributed by atoms with Gasteiger partial charge in [-0.15, -0.1) is 0 Å². The van der Waals surface area contributed by atoms with Crippen LogP contribution in [0.4, 0.5) is 11.4 Å². The first-order valence-electron chi connectivity index (χ1n) is 4.86. The number of nitrogens with one attached hydrogen (secondary N) is 1. The van der Waals surface area contributed by atoms with Gasteiger partial charge in [0.2, 0.25) is 0 Å². The Bertz CT molecular complexity index is 261. The van der Waals surface area contributed by atoms with Crippen molar-refractivity contribution in [1.29, 1.82) is 0 Å². The Labute approximate surface area is 85.9 Å². The van der Waals surface area contributed by atoms with Crippen LogP contribution < -0.4 is 11.1 Å². The number of anilines is 2. The summed E-state index contributed by atoms with van der Waals surface area (Å²) < 4.78 is 0. The molecule has 0 aliphatic rings. The number of aryl methyl sites for hydroxylation is 1. The molecule has 0 bridgehead atoms. The fourth-order valence-corrected chi connectivity index (χ4v) is 0.990. The normalized spacial score (nSPS) is 8.86. The molecule has 1 rings (SSSR count). The standard InChI is InChI=1S/C9H14N2.C2H6O/c1-3-11-8-4-5-9(10)7(2)6-8;1-2-3/h4-6,11H,3,10H2,1-2H3;3H,2H2,1H3. The van der Waals surface area contributed by atoms with Crippen LogP contribution in [0.1, 0.15) is 19.4 Å². The number of aliphatic hydroxyl groups is 1. The highest BCUT2D eigenvalue weighted by Crippen LogP contribution is 2.15. The third kappa shape index (κ3) is 4.72. The minimum Gasteiger partial charge on any atom is -0.399 e. The molecule has 0 radical (unpaired) electrons. The first-order chi connectivity index (χ1) is 6.65. The van der Waals surface area contributed by atoms with Crippen LogP contribution >= 0.6 is 0 Å². The smallest absolute Gasteiger partial charge is 0.0402 e. The fourth-order valence-electron chi connectivity index (χ4n) is 0.990. The summed E-state index contributed by atoms with van der Waals surface area (Å²) in [6, 6.07) is 5.97. The van der Waals surface area contributed by atoms with Crippen LogP contribution in [0, 0.1) is 6.92 Å². The van der Waals surface area contributed by atoms with Gasteiger partial charge in [0.05, 0.1) is 0 Å². The molecule has 0 aliphatic heterocycles. The zero-order chi connectivity index (χ0) is 11.0. The summed E-state index contributed by atoms with van der Waals surface area (Å²) in [4.78, 5) is 0. The maximum Gasteiger partial charge on any atom is 0.0402 e. The molecular formula is C11H20N2O. The van der Waals surface area contributed by atoms with Crippen LogP contribution in [0.15, 0.2) is 18.2 Å². The van der Waals surface area contributed by atoms with Crippen molar-refractivity contribution in [3.05, 3.63) is 23.8 Å². The van der Waals surface area contributed by atoms with Crippen LogP contribution in [0.3, 0.4) is 0 Å². The maximum atomic E-state index is 7.57. The molecule has 0 fully saturated rings. The predicted octanol–water partition coefficient (Wildman–Crippen LogP) is 2.01. The van der Waals surface area contributed by atoms with Crippen molar-refractivity contribution in [1.82, 2.24) is 0 Å². The number of rotatable bonds is 2. The van der Waals surface area contributed by atoms with Crippen molar-refractivity contribution >= 4 is 11.4 Å². The zero-order valence-electron chi connectivity index (χ0n) is 9.17. The van der Waals surface area contributed by atoms with Crippen molar-refractivity contribution in [3.63, 3.8) is 0 Å². The van der Waals surface area contributed by atoms with Crippen LogP contribution in [-0.4, -0.2) is 18.3 Å². The number of hydrogen-bond acceptors (Lipinski definition) is 3. The molecule has 3 heteroatoms. The molecule has 0 saturated carbocycles. The third-order valence-corrected chi connectivity index (χ3v) is 1.65. The summed E-state index contributed by atoms with van der Waals surface area (Å²) >= 11 is 0. The van der Waals surface area contributed by atoms with Gasteiger partial charge in [-0.05, 0) is 44.5 Å². The van der Waals surface area contributed by atoms with E-state index in [1.807, 2.05) is 19.1 Å². The molecule has 0 amide bonds. The van der Waals surface area contributed by atoms with Gasteiger partial charge in [0, 0.05) is 24.5 Å². The minimum atomic E-state index is 0.250. The average molecular weight is 196 g/mol. The van der Waals surface area contributed by atoms with Gasteiger partial charge in [0.1, 0.15) is 0 Å². The van der Waals surface area contributed by atoms with E-state index in [0.717, 1.165) is 23.5 Å². The van der Waals surface area contributed by atoms with E-state index in [-0.39, 0.29) is 6.61 Å². The highest BCUT2D eigenvalue weighted by molar-refractivity contribution is 5.56. The van der Waals surface area contributed by atoms with Crippen LogP contribution in [0.25, 0.3) is 0 Å². The van der Waals surface area contributed by atoms with Crippen molar-refractivity contribution in [2.75, 3.05) is 24.2 Å². The highest BCUT2D eigenvalue weighted by atomic mass is 16.2. The quantitative estimate of drug-likeness (QED) is 0.634. The Hall–Kier alpha value is -1.22. The van der Waals surface area contributed by atoms with Crippen molar-refractivity contribution in [2.45, 2.75) is 20.8 Å². The summed E-state index contributed by atoms with van der Waals surface area (Å²) in [5.74, 6) is 0. The summed E-state index contributed by atoms with van der Waals surface area (Å²) in [5, 5.41) is 10.8. The molecule has 80 valence electrons. The van der Waals surface area contributed by atoms with Gasteiger partial charge in [-0.25, -0.2) is 0 Å². The summed E-state index contributed by atoms with van der Waals surface area (Å²) in [5.41, 5.74) is 8.78. The van der Waals surface area contributed by atoms with E-state index in [0.29, 0.717) is 0 Å². The zero-order valence-corrected chi connectivity index (χ0v) is 9.17. The highest BCUT2D eigenvalue weighted by Gasteiger charge is 1.93. The van der Waals surface area contributed by atoms with E-state index in [1.54, 1.807) is 6.92 Å². The second kappa shape index (κ2) is 7.21. The molecule has 0 spiro atoms. The molecule has 0 saturated heterocycles. The maximum absolute atomic E-state index is 7.57. The lowest BCUT2D eigenvalue weighted by Gasteiger charge is -2.05. The lowest BCUT2D eigenvalue weighted by molar-refractivity contribution is 0.318. The molecule has 0 atom stereocenters. The molecule has 0 heterocycles. The van der Waals surface area contributed by atoms with Crippen LogP contribution in [0.5, 0.6) is 0 Å². The summed E-state index contributed by atoms with van der Waals surface area (Å²) in [6.45, 7) is 6.96. The van der Waals surface area contributed by atoms with Gasteiger partial charge in [0.25, 0.3) is 0 Å². The Morgan fingerprint density at radius 1 is 1.36 bits per heavy atom. The Morgan fingerprint density at radius 3 is 2.36 bits per heavy atom. The van der Waals surface area contributed by atoms with E-state index < -0.39 is 0 Å². The second-order valence-corrected chi connectivity index (χ2v) is 2.92. The molecule has 3 nitrogen and oxygen atoms in total. The molecular weight excluding hydrogens is 176 g/mol. The van der Waals surface area contributed by atoms with E-state index in [1.165, 1.54) is 0 Å². The predicted molar refractivity (Wildman–Crippen MR) is 62.5 cm³/mol. The SMILES string of the molecule is CCNc1ccc(N)c(C)c1.CCO. The fraction of sp³-hybridized carbons (Fsp3) is 0.455. The Kier molecular flexibility index (Phi) is 6.58. The number of hydrogen-bond donors (Lipinski definition) is 3. The van der Waals surface area contributed by atoms with Crippen molar-refractivity contribution in [3.8, 4) is 0 Å². The number of aliphatic hydroxyl groups excluding tert-OH is 1. The molecule has 1 aromatic carbocycles. The van der Waals surface area contributed by atoms with Crippen LogP contribution in [0.2, 0.25) is 0 Å².